The van der Waals surface area contributed by atoms with Gasteiger partial charge in [-0.25, -0.2) is 9.69 Å². The molecule has 3 heterocycles. The Labute approximate surface area is 316 Å². The van der Waals surface area contributed by atoms with Gasteiger partial charge in [0.1, 0.15) is 0 Å². The Morgan fingerprint density at radius 2 is 0.800 bits per heavy atom. The van der Waals surface area contributed by atoms with Crippen molar-refractivity contribution < 1.29 is 0 Å². The van der Waals surface area contributed by atoms with Crippen molar-refractivity contribution in [2.24, 2.45) is 0 Å². The Kier molecular flexibility index (Phi) is 6.61. The molecule has 0 saturated heterocycles. The fourth-order valence-corrected chi connectivity index (χ4v) is 8.71. The van der Waals surface area contributed by atoms with Gasteiger partial charge in [-0.1, -0.05) is 109 Å². The maximum Gasteiger partial charge on any atom is 0.212 e. The first-order valence-corrected chi connectivity index (χ1v) is 18.3. The van der Waals surface area contributed by atoms with E-state index in [-0.39, 0.29) is 0 Å². The van der Waals surface area contributed by atoms with Gasteiger partial charge in [0, 0.05) is 43.5 Å². The standard InChI is InChI=1S/C50H29N5/c1-51-33-25-28-48(54-44-19-9-3-13-35(44)36-14-4-10-20-45(36)54)40(29-33)32-23-26-34(27-24-32)53-43-18-8-7-17-39(43)41-30-50(42(52-2)31-49(41)53)55-46-21-11-5-15-37(46)38-16-6-12-22-47(38)55/h3-31H. The molecule has 11 aromatic rings. The van der Waals surface area contributed by atoms with E-state index in [4.69, 9.17) is 13.1 Å². The molecule has 3 aromatic heterocycles. The highest BCUT2D eigenvalue weighted by molar-refractivity contribution is 6.14. The van der Waals surface area contributed by atoms with E-state index in [1.807, 2.05) is 12.1 Å². The molecule has 0 radical (unpaired) electrons. The Morgan fingerprint density at radius 3 is 1.29 bits per heavy atom. The van der Waals surface area contributed by atoms with Crippen LogP contribution in [0.1, 0.15) is 0 Å². The van der Waals surface area contributed by atoms with Crippen molar-refractivity contribution in [1.82, 2.24) is 13.7 Å². The molecule has 0 aliphatic rings. The second kappa shape index (κ2) is 11.8. The Balaban J connectivity index is 1.11. The Morgan fingerprint density at radius 1 is 0.345 bits per heavy atom. The fraction of sp³-hybridized carbons (Fsp3) is 0. The van der Waals surface area contributed by atoms with Gasteiger partial charge in [0.15, 0.2) is 5.69 Å². The minimum absolute atomic E-state index is 0.589. The third-order valence-electron chi connectivity index (χ3n) is 11.1. The van der Waals surface area contributed by atoms with Gasteiger partial charge >= 0.3 is 0 Å². The number of aromatic nitrogens is 3. The van der Waals surface area contributed by atoms with Gasteiger partial charge in [-0.2, -0.15) is 0 Å². The first kappa shape index (κ1) is 30.7. The highest BCUT2D eigenvalue weighted by Gasteiger charge is 2.20. The van der Waals surface area contributed by atoms with Crippen molar-refractivity contribution in [2.75, 3.05) is 0 Å². The van der Waals surface area contributed by atoms with Gasteiger partial charge in [-0.05, 0) is 77.9 Å². The van der Waals surface area contributed by atoms with Crippen LogP contribution in [0.2, 0.25) is 0 Å². The first-order chi connectivity index (χ1) is 27.2. The van der Waals surface area contributed by atoms with Crippen LogP contribution in [0.3, 0.4) is 0 Å². The number of hydrogen-bond acceptors (Lipinski definition) is 0. The van der Waals surface area contributed by atoms with Crippen LogP contribution < -0.4 is 0 Å². The second-order valence-corrected chi connectivity index (χ2v) is 13.9. The predicted octanol–water partition coefficient (Wildman–Crippen LogP) is 13.7. The minimum Gasteiger partial charge on any atom is -0.319 e. The molecule has 11 rings (SSSR count). The summed E-state index contributed by atoms with van der Waals surface area (Å²) in [6.45, 7) is 16.3. The molecule has 0 aliphatic heterocycles. The van der Waals surface area contributed by atoms with Gasteiger partial charge in [-0.3, -0.25) is 0 Å². The zero-order valence-electron chi connectivity index (χ0n) is 29.5. The van der Waals surface area contributed by atoms with E-state index in [9.17, 15) is 0 Å². The van der Waals surface area contributed by atoms with Crippen LogP contribution >= 0.6 is 0 Å². The first-order valence-electron chi connectivity index (χ1n) is 18.3. The SMILES string of the molecule is [C-]#[N+]c1ccc(-n2c3ccccc3c3ccccc32)c(-c2ccc(-n3c4ccccc4c4cc(-n5c6ccccc6c6ccccc65)c([N+]#[C-])cc43)cc2)c1. The molecule has 55 heavy (non-hydrogen) atoms. The van der Waals surface area contributed by atoms with E-state index >= 15 is 0 Å². The van der Waals surface area contributed by atoms with E-state index in [1.54, 1.807) is 0 Å². The normalized spacial score (nSPS) is 11.6. The largest absolute Gasteiger partial charge is 0.319 e. The molecular weight excluding hydrogens is 671 g/mol. The van der Waals surface area contributed by atoms with Crippen molar-refractivity contribution in [3.63, 3.8) is 0 Å². The number of rotatable bonds is 4. The van der Waals surface area contributed by atoms with Crippen LogP contribution in [-0.4, -0.2) is 13.7 Å². The van der Waals surface area contributed by atoms with Gasteiger partial charge in [0.25, 0.3) is 0 Å². The zero-order chi connectivity index (χ0) is 36.6. The third-order valence-corrected chi connectivity index (χ3v) is 11.1. The van der Waals surface area contributed by atoms with Crippen LogP contribution in [0.4, 0.5) is 11.4 Å². The molecule has 0 unspecified atom stereocenters. The Bertz CT molecular complexity index is 3350. The lowest BCUT2D eigenvalue weighted by Crippen LogP contribution is -1.98. The lowest BCUT2D eigenvalue weighted by Gasteiger charge is -2.16. The van der Waals surface area contributed by atoms with Gasteiger partial charge in [0.2, 0.25) is 5.69 Å². The van der Waals surface area contributed by atoms with Crippen molar-refractivity contribution in [3.05, 3.63) is 199 Å². The number of hydrogen-bond donors (Lipinski definition) is 0. The number of fused-ring (bicyclic) bond motifs is 9. The fourth-order valence-electron chi connectivity index (χ4n) is 8.71. The molecule has 0 amide bonds. The average molecular weight is 700 g/mol. The lowest BCUT2D eigenvalue weighted by atomic mass is 10.0. The summed E-state index contributed by atoms with van der Waals surface area (Å²) in [6.07, 6.45) is 0. The van der Waals surface area contributed by atoms with Crippen LogP contribution in [0.15, 0.2) is 176 Å². The molecular formula is C50H29N5. The molecule has 0 saturated carbocycles. The van der Waals surface area contributed by atoms with Gasteiger partial charge in [0.05, 0.1) is 52.1 Å². The minimum atomic E-state index is 0.589. The monoisotopic (exact) mass is 699 g/mol. The number of para-hydroxylation sites is 5. The Hall–Kier alpha value is -7.86. The van der Waals surface area contributed by atoms with Crippen molar-refractivity contribution >= 4 is 76.8 Å². The summed E-state index contributed by atoms with van der Waals surface area (Å²) in [4.78, 5) is 7.95. The average Bonchev–Trinajstić information content (AvgIpc) is 3.88. The predicted molar refractivity (Wildman–Crippen MR) is 227 cm³/mol. The van der Waals surface area contributed by atoms with E-state index in [2.05, 4.69) is 187 Å². The summed E-state index contributed by atoms with van der Waals surface area (Å²) in [5.74, 6) is 0. The van der Waals surface area contributed by atoms with Crippen molar-refractivity contribution in [1.29, 1.82) is 0 Å². The van der Waals surface area contributed by atoms with E-state index < -0.39 is 0 Å². The molecule has 5 nitrogen and oxygen atoms in total. The van der Waals surface area contributed by atoms with Crippen LogP contribution in [-0.2, 0) is 0 Å². The molecule has 0 spiro atoms. The van der Waals surface area contributed by atoms with Crippen molar-refractivity contribution in [2.45, 2.75) is 0 Å². The number of nitrogens with zero attached hydrogens (tertiary/aromatic N) is 5. The summed E-state index contributed by atoms with van der Waals surface area (Å²) in [5, 5.41) is 6.93. The van der Waals surface area contributed by atoms with Crippen molar-refractivity contribution in [3.8, 4) is 28.2 Å². The maximum absolute atomic E-state index is 8.40. The summed E-state index contributed by atoms with van der Waals surface area (Å²) < 4.78 is 6.82. The smallest absolute Gasteiger partial charge is 0.212 e. The molecule has 0 bridgehead atoms. The summed E-state index contributed by atoms with van der Waals surface area (Å²) in [5.41, 5.74) is 12.5. The molecule has 0 fully saturated rings. The quantitative estimate of drug-likeness (QED) is 0.163. The van der Waals surface area contributed by atoms with E-state index in [0.717, 1.165) is 72.1 Å². The highest BCUT2D eigenvalue weighted by Crippen LogP contribution is 2.42. The van der Waals surface area contributed by atoms with E-state index in [1.165, 1.54) is 21.5 Å². The lowest BCUT2D eigenvalue weighted by molar-refractivity contribution is 1.17. The second-order valence-electron chi connectivity index (χ2n) is 13.9. The van der Waals surface area contributed by atoms with Gasteiger partial charge in [-0.15, -0.1) is 0 Å². The molecule has 0 atom stereocenters. The zero-order valence-corrected chi connectivity index (χ0v) is 29.5. The van der Waals surface area contributed by atoms with E-state index in [0.29, 0.717) is 11.4 Å². The van der Waals surface area contributed by atoms with Crippen LogP contribution in [0.5, 0.6) is 0 Å². The topological polar surface area (TPSA) is 23.5 Å². The highest BCUT2D eigenvalue weighted by atomic mass is 15.0. The number of benzene rings is 8. The van der Waals surface area contributed by atoms with Crippen LogP contribution in [0, 0.1) is 13.1 Å². The maximum atomic E-state index is 8.40. The van der Waals surface area contributed by atoms with Gasteiger partial charge < -0.3 is 13.7 Å². The molecule has 254 valence electrons. The summed E-state index contributed by atoms with van der Waals surface area (Å²) in [7, 11) is 0. The summed E-state index contributed by atoms with van der Waals surface area (Å²) in [6, 6.07) is 61.2. The third kappa shape index (κ3) is 4.45. The molecule has 0 aliphatic carbocycles. The molecule has 0 N–H and O–H groups in total. The van der Waals surface area contributed by atoms with Crippen LogP contribution in [0.25, 0.3) is 103 Å². The molecule has 8 aromatic carbocycles. The summed E-state index contributed by atoms with van der Waals surface area (Å²) >= 11 is 0. The molecule has 5 heteroatoms.